The Kier molecular flexibility index (Phi) is 14.9. The Bertz CT molecular complexity index is 980. The fourth-order valence-electron chi connectivity index (χ4n) is 5.23. The number of aromatic hydroxyl groups is 1. The molecule has 224 valence electrons. The van der Waals surface area contributed by atoms with E-state index in [1.165, 1.54) is 25.3 Å². The first kappa shape index (κ1) is 33.4. The van der Waals surface area contributed by atoms with Crippen LogP contribution in [0.3, 0.4) is 0 Å². The van der Waals surface area contributed by atoms with Gasteiger partial charge in [-0.05, 0) is 43.2 Å². The second-order valence-electron chi connectivity index (χ2n) is 10.7. The molecule has 1 aromatic carbocycles. The van der Waals surface area contributed by atoms with E-state index in [-0.39, 0.29) is 42.0 Å². The number of aliphatic hydroxyl groups is 1. The van der Waals surface area contributed by atoms with Crippen molar-refractivity contribution in [3.05, 3.63) is 41.1 Å². The molecule has 0 aromatic heterocycles. The molecule has 2 rings (SSSR count). The number of methoxy groups -OCH3 is 1. The zero-order chi connectivity index (χ0) is 29.5. The lowest BCUT2D eigenvalue weighted by atomic mass is 9.89. The Morgan fingerprint density at radius 2 is 1.95 bits per heavy atom. The van der Waals surface area contributed by atoms with E-state index in [1.54, 1.807) is 0 Å². The van der Waals surface area contributed by atoms with Crippen LogP contribution in [0.15, 0.2) is 30.4 Å². The zero-order valence-corrected chi connectivity index (χ0v) is 23.8. The van der Waals surface area contributed by atoms with Gasteiger partial charge >= 0.3 is 5.97 Å². The maximum Gasteiger partial charge on any atom is 0.328 e. The normalized spacial score (nSPS) is 19.5. The molecule has 0 aliphatic heterocycles. The summed E-state index contributed by atoms with van der Waals surface area (Å²) < 4.78 is 4.80. The van der Waals surface area contributed by atoms with Gasteiger partial charge in [0.2, 0.25) is 11.6 Å². The molecular weight excluding hydrogens is 516 g/mol. The fourth-order valence-corrected chi connectivity index (χ4v) is 5.23. The lowest BCUT2D eigenvalue weighted by Gasteiger charge is -2.18. The maximum absolute atomic E-state index is 12.5. The lowest BCUT2D eigenvalue weighted by Crippen LogP contribution is -2.99. The number of ether oxygens (including phenoxy) is 1. The van der Waals surface area contributed by atoms with E-state index in [1.807, 2.05) is 12.2 Å². The first-order valence-electron chi connectivity index (χ1n) is 14.5. The Balaban J connectivity index is 1.74. The van der Waals surface area contributed by atoms with Gasteiger partial charge < -0.3 is 25.5 Å². The number of nitrogens with one attached hydrogen (secondary N) is 2. The first-order valence-corrected chi connectivity index (χ1v) is 14.5. The van der Waals surface area contributed by atoms with Gasteiger partial charge in [-0.1, -0.05) is 63.7 Å². The minimum Gasteiger partial charge on any atom is -0.595 e. The Hall–Kier alpha value is -2.79. The zero-order valence-electron chi connectivity index (χ0n) is 23.8. The van der Waals surface area contributed by atoms with Crippen LogP contribution in [0, 0.1) is 17.0 Å². The van der Waals surface area contributed by atoms with Crippen LogP contribution < -0.4 is 10.5 Å². The van der Waals surface area contributed by atoms with Gasteiger partial charge in [0.15, 0.2) is 5.75 Å². The number of aliphatic hydroxyl groups excluding tert-OH is 1. The highest BCUT2D eigenvalue weighted by atomic mass is 16.8. The monoisotopic (exact) mass is 562 g/mol. The molecule has 0 heterocycles. The summed E-state index contributed by atoms with van der Waals surface area (Å²) in [6, 6.07) is 3.03. The summed E-state index contributed by atoms with van der Waals surface area (Å²) in [4.78, 5) is 37.1. The minimum absolute atomic E-state index is 0.00440. The molecule has 1 aromatic rings. The summed E-state index contributed by atoms with van der Waals surface area (Å²) >= 11 is 0. The largest absolute Gasteiger partial charge is 0.595 e. The number of Topliss-reactive ketones (excluding diaryl/α,β-unsaturated/α-hetero) is 1. The van der Waals surface area contributed by atoms with Crippen molar-refractivity contribution < 1.29 is 39.8 Å². The van der Waals surface area contributed by atoms with Crippen molar-refractivity contribution in [1.82, 2.24) is 5.32 Å². The fraction of sp³-hybridized carbons (Fsp3) is 0.633. The van der Waals surface area contributed by atoms with Crippen LogP contribution in [0.4, 0.5) is 5.69 Å². The Morgan fingerprint density at radius 1 is 1.20 bits per heavy atom. The van der Waals surface area contributed by atoms with Crippen LogP contribution in [-0.4, -0.2) is 52.3 Å². The minimum atomic E-state index is -1.29. The van der Waals surface area contributed by atoms with Crippen molar-refractivity contribution in [2.24, 2.45) is 11.8 Å². The molecule has 1 amide bonds. The topological polar surface area (TPSA) is 161 Å². The lowest BCUT2D eigenvalue weighted by molar-refractivity contribution is -0.991. The molecule has 2 unspecified atom stereocenters. The number of esters is 1. The SMILES string of the molecule is CCCCC[C@@H](O)/C=C/[C@H]1CCC(=O)[C@@H]1CCCCCCC(=O)NC(Cc1ccc(O)c([NH+]([O-])O)c1)C(=O)OC. The van der Waals surface area contributed by atoms with Gasteiger partial charge in [0.25, 0.3) is 0 Å². The highest BCUT2D eigenvalue weighted by Gasteiger charge is 2.32. The predicted octanol–water partition coefficient (Wildman–Crippen LogP) is 3.43. The van der Waals surface area contributed by atoms with Crippen molar-refractivity contribution in [2.45, 2.75) is 103 Å². The number of carbonyl (C=O) groups excluding carboxylic acids is 3. The van der Waals surface area contributed by atoms with Crippen molar-refractivity contribution in [3.8, 4) is 5.75 Å². The van der Waals surface area contributed by atoms with Crippen molar-refractivity contribution in [3.63, 3.8) is 0 Å². The molecule has 5 atom stereocenters. The number of benzene rings is 1. The predicted molar refractivity (Wildman–Crippen MR) is 150 cm³/mol. The molecule has 0 saturated heterocycles. The smallest absolute Gasteiger partial charge is 0.328 e. The van der Waals surface area contributed by atoms with E-state index in [9.17, 15) is 35.0 Å². The first-order chi connectivity index (χ1) is 19.2. The van der Waals surface area contributed by atoms with Crippen LogP contribution >= 0.6 is 0 Å². The average Bonchev–Trinajstić information content (AvgIpc) is 3.28. The number of phenolic OH excluding ortho intramolecular Hbond substituents is 1. The van der Waals surface area contributed by atoms with Gasteiger partial charge in [-0.15, -0.1) is 0 Å². The number of unbranched alkanes of at least 4 members (excludes halogenated alkanes) is 5. The van der Waals surface area contributed by atoms with Crippen LogP contribution in [0.2, 0.25) is 0 Å². The molecular formula is C30H46N2O8. The van der Waals surface area contributed by atoms with Crippen LogP contribution in [0.5, 0.6) is 5.75 Å². The highest BCUT2D eigenvalue weighted by molar-refractivity contribution is 5.85. The average molecular weight is 563 g/mol. The third kappa shape index (κ3) is 11.4. The number of amides is 1. The third-order valence-corrected chi connectivity index (χ3v) is 7.56. The summed E-state index contributed by atoms with van der Waals surface area (Å²) in [7, 11) is 1.21. The van der Waals surface area contributed by atoms with Crippen molar-refractivity contribution in [2.75, 3.05) is 7.11 Å². The van der Waals surface area contributed by atoms with Gasteiger partial charge in [0.1, 0.15) is 11.8 Å². The van der Waals surface area contributed by atoms with Crippen LogP contribution in [0.1, 0.15) is 89.5 Å². The van der Waals surface area contributed by atoms with Crippen molar-refractivity contribution >= 4 is 23.3 Å². The van der Waals surface area contributed by atoms with Gasteiger partial charge in [0.05, 0.1) is 13.2 Å². The van der Waals surface area contributed by atoms with Crippen LogP contribution in [0.25, 0.3) is 0 Å². The molecule has 1 fully saturated rings. The number of ketones is 1. The quantitative estimate of drug-likeness (QED) is 0.0598. The number of hydrogen-bond acceptors (Lipinski definition) is 8. The van der Waals surface area contributed by atoms with E-state index in [0.29, 0.717) is 24.2 Å². The van der Waals surface area contributed by atoms with Crippen LogP contribution in [-0.2, 0) is 25.5 Å². The van der Waals surface area contributed by atoms with E-state index in [2.05, 4.69) is 12.2 Å². The number of hydrogen-bond donors (Lipinski definition) is 5. The summed E-state index contributed by atoms with van der Waals surface area (Å²) in [5.41, 5.74) is 0.181. The Morgan fingerprint density at radius 3 is 2.65 bits per heavy atom. The van der Waals surface area contributed by atoms with E-state index < -0.39 is 23.3 Å². The van der Waals surface area contributed by atoms with Gasteiger partial charge in [0, 0.05) is 31.2 Å². The molecule has 10 nitrogen and oxygen atoms in total. The molecule has 0 radical (unpaired) electrons. The number of allylic oxidation sites excluding steroid dienone is 1. The third-order valence-electron chi connectivity index (χ3n) is 7.56. The molecule has 0 spiro atoms. The molecule has 5 N–H and O–H groups in total. The summed E-state index contributed by atoms with van der Waals surface area (Å²) in [5.74, 6) is -0.833. The molecule has 0 bridgehead atoms. The van der Waals surface area contributed by atoms with E-state index in [4.69, 9.17) is 4.74 Å². The number of carbonyl (C=O) groups is 3. The molecule has 1 aliphatic rings. The van der Waals surface area contributed by atoms with Gasteiger partial charge in [-0.2, -0.15) is 5.23 Å². The second-order valence-corrected chi connectivity index (χ2v) is 10.7. The summed E-state index contributed by atoms with van der Waals surface area (Å²) in [5, 5.41) is 41.7. The highest BCUT2D eigenvalue weighted by Crippen LogP contribution is 2.34. The number of phenols is 1. The molecule has 1 aliphatic carbocycles. The number of rotatable bonds is 18. The molecule has 40 heavy (non-hydrogen) atoms. The Labute approximate surface area is 236 Å². The van der Waals surface area contributed by atoms with E-state index in [0.717, 1.165) is 57.8 Å². The molecule has 10 heteroatoms. The summed E-state index contributed by atoms with van der Waals surface area (Å²) in [6.07, 6.45) is 13.1. The van der Waals surface area contributed by atoms with Gasteiger partial charge in [-0.25, -0.2) is 10.0 Å². The maximum atomic E-state index is 12.5. The van der Waals surface area contributed by atoms with Crippen molar-refractivity contribution in [1.29, 1.82) is 0 Å². The van der Waals surface area contributed by atoms with E-state index >= 15 is 0 Å². The van der Waals surface area contributed by atoms with Gasteiger partial charge in [-0.3, -0.25) is 9.59 Å². The molecule has 1 saturated carbocycles. The number of quaternary nitrogens is 1. The second kappa shape index (κ2) is 17.8. The summed E-state index contributed by atoms with van der Waals surface area (Å²) in [6.45, 7) is 2.13. The standard InChI is InChI=1S/C30H46N2O8/c1-3-4-7-10-23(33)16-14-22-15-18-27(34)24(22)11-8-5-6-9-12-29(36)31-25(30(37)40-2)19-21-13-17-28(35)26(20-21)32(38)39/h13-14,16-17,20,22-25,32-33,35,38H,3-12,15,18-19H2,1-2H3,(H,31,36)/b16-14+/t22-,23+,24+,25?/m0/s1.